The number of rotatable bonds is 54. The Hall–Kier alpha value is -1.28. The molecule has 0 bridgehead atoms. The molecule has 9 heteroatoms. The molecule has 1 amide bonds. The Bertz CT molecular complexity index is 1200. The number of allylic oxidation sites excluding steroid dienone is 5. The lowest BCUT2D eigenvalue weighted by atomic mass is 10.0. The van der Waals surface area contributed by atoms with Gasteiger partial charge in [-0.25, -0.2) is 0 Å². The van der Waals surface area contributed by atoms with Crippen molar-refractivity contribution in [3.8, 4) is 0 Å². The van der Waals surface area contributed by atoms with Crippen molar-refractivity contribution in [1.29, 1.82) is 0 Å². The first kappa shape index (κ1) is 66.7. The number of quaternary nitrogens is 1. The number of phosphoric acid groups is 1. The maximum Gasteiger partial charge on any atom is 0.268 e. The Balaban J connectivity index is 3.89. The summed E-state index contributed by atoms with van der Waals surface area (Å²) in [5.41, 5.74) is 0. The van der Waals surface area contributed by atoms with E-state index >= 15 is 0 Å². The van der Waals surface area contributed by atoms with Crippen molar-refractivity contribution in [3.05, 3.63) is 36.5 Å². The van der Waals surface area contributed by atoms with Crippen LogP contribution in [0, 0.1) is 0 Å². The molecule has 3 unspecified atom stereocenters. The van der Waals surface area contributed by atoms with E-state index in [1.807, 2.05) is 27.2 Å². The van der Waals surface area contributed by atoms with Gasteiger partial charge in [-0.3, -0.25) is 9.36 Å². The summed E-state index contributed by atoms with van der Waals surface area (Å²) in [7, 11) is 1.24. The maximum atomic E-state index is 12.9. The molecule has 0 rings (SSSR count). The maximum absolute atomic E-state index is 12.9. The molecule has 0 aromatic rings. The predicted molar refractivity (Wildman–Crippen MR) is 293 cm³/mol. The molecule has 0 spiro atoms. The van der Waals surface area contributed by atoms with Crippen molar-refractivity contribution >= 4 is 13.7 Å². The van der Waals surface area contributed by atoms with Gasteiger partial charge in [-0.2, -0.15) is 0 Å². The minimum Gasteiger partial charge on any atom is -0.756 e. The Morgan fingerprint density at radius 3 is 1.16 bits per heavy atom. The van der Waals surface area contributed by atoms with E-state index in [4.69, 9.17) is 9.05 Å². The third kappa shape index (κ3) is 52.5. The summed E-state index contributed by atoms with van der Waals surface area (Å²) in [6.45, 7) is 4.57. The van der Waals surface area contributed by atoms with Crippen LogP contribution in [0.1, 0.15) is 284 Å². The Morgan fingerprint density at radius 1 is 0.500 bits per heavy atom. The molecular formula is C59H115N2O6P. The number of nitrogens with one attached hydrogen (secondary N) is 1. The van der Waals surface area contributed by atoms with Crippen LogP contribution in [0.15, 0.2) is 36.5 Å². The largest absolute Gasteiger partial charge is 0.756 e. The highest BCUT2D eigenvalue weighted by Gasteiger charge is 2.23. The highest BCUT2D eigenvalue weighted by atomic mass is 31.2. The molecule has 0 fully saturated rings. The fourth-order valence-electron chi connectivity index (χ4n) is 8.73. The summed E-state index contributed by atoms with van der Waals surface area (Å²) in [6, 6.07) is -0.906. The van der Waals surface area contributed by atoms with Gasteiger partial charge in [0.1, 0.15) is 13.2 Å². The van der Waals surface area contributed by atoms with Crippen LogP contribution in [0.2, 0.25) is 0 Å². The smallest absolute Gasteiger partial charge is 0.268 e. The van der Waals surface area contributed by atoms with Crippen molar-refractivity contribution in [2.45, 2.75) is 296 Å². The van der Waals surface area contributed by atoms with Gasteiger partial charge in [-0.1, -0.05) is 275 Å². The van der Waals surface area contributed by atoms with Gasteiger partial charge in [0, 0.05) is 6.42 Å². The normalized spacial score (nSPS) is 14.2. The summed E-state index contributed by atoms with van der Waals surface area (Å²) >= 11 is 0. The Labute approximate surface area is 423 Å². The molecule has 0 aromatic carbocycles. The molecule has 3 atom stereocenters. The van der Waals surface area contributed by atoms with Gasteiger partial charge in [0.2, 0.25) is 5.91 Å². The first-order valence-corrected chi connectivity index (χ1v) is 30.8. The van der Waals surface area contributed by atoms with Gasteiger partial charge in [0.15, 0.2) is 0 Å². The van der Waals surface area contributed by atoms with Gasteiger partial charge in [0.05, 0.1) is 39.9 Å². The van der Waals surface area contributed by atoms with E-state index in [9.17, 15) is 19.4 Å². The Morgan fingerprint density at radius 2 is 0.824 bits per heavy atom. The average Bonchev–Trinajstić information content (AvgIpc) is 3.30. The molecule has 2 N–H and O–H groups in total. The summed E-state index contributed by atoms with van der Waals surface area (Å²) in [4.78, 5) is 25.4. The molecule has 0 aliphatic heterocycles. The van der Waals surface area contributed by atoms with Crippen LogP contribution < -0.4 is 10.2 Å². The zero-order valence-electron chi connectivity index (χ0n) is 45.8. The third-order valence-corrected chi connectivity index (χ3v) is 14.3. The van der Waals surface area contributed by atoms with Crippen LogP contribution in [-0.2, 0) is 18.4 Å². The highest BCUT2D eigenvalue weighted by Crippen LogP contribution is 2.38. The zero-order valence-corrected chi connectivity index (χ0v) is 46.7. The monoisotopic (exact) mass is 979 g/mol. The van der Waals surface area contributed by atoms with E-state index in [2.05, 4.69) is 43.5 Å². The molecule has 0 heterocycles. The SMILES string of the molecule is CCC/C=C/CC/C=C/CC/C=C/C(O)C(COP(=O)([O-])OCC[N+](C)(C)C)NC(=O)CCCCCCCCCCCCCCCCCCCCCCCCCCCCCCCCCCCCC. The number of unbranched alkanes of at least 4 members (excludes halogenated alkanes) is 37. The number of likely N-dealkylation sites (N-methyl/N-ethyl adjacent to an activating group) is 1. The van der Waals surface area contributed by atoms with E-state index < -0.39 is 26.6 Å². The van der Waals surface area contributed by atoms with Crippen LogP contribution in [0.4, 0.5) is 0 Å². The van der Waals surface area contributed by atoms with Crippen LogP contribution >= 0.6 is 7.82 Å². The number of nitrogens with zero attached hydrogens (tertiary/aromatic N) is 1. The standard InChI is InChI=1S/C59H115N2O6P/c1-6-8-10-12-14-16-18-19-20-21-22-23-24-25-26-27-28-29-30-31-32-33-34-35-36-37-38-39-40-41-43-45-47-49-51-53-59(63)60-57(56-67-68(64,65)66-55-54-61(3,4)5)58(62)52-50-48-46-44-42-17-15-13-11-9-7-2/h11,13,42,44,50,52,57-58,62H,6-10,12,14-41,43,45-49,51,53-56H2,1-5H3,(H-,60,63,64,65)/b13-11+,44-42+,52-50+. The van der Waals surface area contributed by atoms with E-state index in [0.717, 1.165) is 51.4 Å². The number of phosphoric ester groups is 1. The lowest BCUT2D eigenvalue weighted by molar-refractivity contribution is -0.870. The fraction of sp³-hybridized carbons (Fsp3) is 0.881. The topological polar surface area (TPSA) is 108 Å². The van der Waals surface area contributed by atoms with Crippen molar-refractivity contribution in [3.63, 3.8) is 0 Å². The van der Waals surface area contributed by atoms with Crippen LogP contribution in [-0.4, -0.2) is 68.5 Å². The van der Waals surface area contributed by atoms with Gasteiger partial charge in [-0.05, 0) is 38.5 Å². The fourth-order valence-corrected chi connectivity index (χ4v) is 9.45. The van der Waals surface area contributed by atoms with E-state index in [1.165, 1.54) is 212 Å². The minimum absolute atomic E-state index is 0.00788. The van der Waals surface area contributed by atoms with Gasteiger partial charge in [0.25, 0.3) is 7.82 Å². The second-order valence-corrected chi connectivity index (χ2v) is 22.8. The number of amides is 1. The van der Waals surface area contributed by atoms with Crippen molar-refractivity contribution in [2.75, 3.05) is 40.9 Å². The molecular weight excluding hydrogens is 864 g/mol. The summed E-state index contributed by atoms with van der Waals surface area (Å²) < 4.78 is 23.2. The van der Waals surface area contributed by atoms with Crippen molar-refractivity contribution in [2.24, 2.45) is 0 Å². The molecule has 0 aliphatic carbocycles. The number of carbonyl (C=O) groups is 1. The average molecular weight is 980 g/mol. The summed E-state index contributed by atoms with van der Waals surface area (Å²) in [6.07, 6.45) is 65.6. The molecule has 402 valence electrons. The van der Waals surface area contributed by atoms with Crippen LogP contribution in [0.5, 0.6) is 0 Å². The molecule has 0 aromatic heterocycles. The second kappa shape index (κ2) is 50.7. The number of hydrogen-bond donors (Lipinski definition) is 2. The predicted octanol–water partition coefficient (Wildman–Crippen LogP) is 17.1. The van der Waals surface area contributed by atoms with Gasteiger partial charge in [-0.15, -0.1) is 0 Å². The molecule has 0 saturated heterocycles. The highest BCUT2D eigenvalue weighted by molar-refractivity contribution is 7.45. The van der Waals surface area contributed by atoms with Crippen LogP contribution in [0.25, 0.3) is 0 Å². The lowest BCUT2D eigenvalue weighted by Crippen LogP contribution is -2.45. The first-order valence-electron chi connectivity index (χ1n) is 29.4. The molecule has 8 nitrogen and oxygen atoms in total. The second-order valence-electron chi connectivity index (χ2n) is 21.3. The molecule has 0 radical (unpaired) electrons. The van der Waals surface area contributed by atoms with E-state index in [-0.39, 0.29) is 12.5 Å². The minimum atomic E-state index is -4.60. The zero-order chi connectivity index (χ0) is 49.9. The van der Waals surface area contributed by atoms with Crippen molar-refractivity contribution < 1.29 is 32.9 Å². The number of aliphatic hydroxyl groups excluding tert-OH is 1. The molecule has 68 heavy (non-hydrogen) atoms. The van der Waals surface area contributed by atoms with Crippen LogP contribution in [0.3, 0.4) is 0 Å². The summed E-state index contributed by atoms with van der Waals surface area (Å²) in [5.74, 6) is -0.209. The lowest BCUT2D eigenvalue weighted by Gasteiger charge is -2.29. The summed E-state index contributed by atoms with van der Waals surface area (Å²) in [5, 5.41) is 13.8. The van der Waals surface area contributed by atoms with E-state index in [0.29, 0.717) is 17.4 Å². The van der Waals surface area contributed by atoms with Gasteiger partial charge >= 0.3 is 0 Å². The molecule has 0 aliphatic rings. The molecule has 0 saturated carbocycles. The number of aliphatic hydroxyl groups is 1. The third-order valence-electron chi connectivity index (χ3n) is 13.3. The first-order chi connectivity index (χ1) is 33.0. The van der Waals surface area contributed by atoms with E-state index in [1.54, 1.807) is 6.08 Å². The number of hydrogen-bond acceptors (Lipinski definition) is 6. The van der Waals surface area contributed by atoms with Crippen molar-refractivity contribution in [1.82, 2.24) is 5.32 Å². The van der Waals surface area contributed by atoms with Gasteiger partial charge < -0.3 is 28.8 Å². The number of carbonyl (C=O) groups excluding carboxylic acids is 1. The Kier molecular flexibility index (Phi) is 49.7. The quantitative estimate of drug-likeness (QED) is 0.0272.